The van der Waals surface area contributed by atoms with Crippen LogP contribution in [0.25, 0.3) is 0 Å². The molecule has 0 fully saturated rings. The summed E-state index contributed by atoms with van der Waals surface area (Å²) in [6.45, 7) is 6.39. The topological polar surface area (TPSA) is 20.2 Å². The summed E-state index contributed by atoms with van der Waals surface area (Å²) in [5.41, 5.74) is 2.59. The minimum atomic E-state index is -0.195. The lowest BCUT2D eigenvalue weighted by Crippen LogP contribution is -2.08. The number of hydrogen-bond acceptors (Lipinski definition) is 1. The van der Waals surface area contributed by atoms with Gasteiger partial charge in [0.05, 0.1) is 6.10 Å². The zero-order valence-corrected chi connectivity index (χ0v) is 9.33. The van der Waals surface area contributed by atoms with E-state index in [2.05, 4.69) is 38.1 Å². The van der Waals surface area contributed by atoms with Gasteiger partial charge in [-0.25, -0.2) is 0 Å². The monoisotopic (exact) mass is 192 g/mol. The molecule has 78 valence electrons. The van der Waals surface area contributed by atoms with Crippen LogP contribution >= 0.6 is 0 Å². The Hall–Kier alpha value is -0.820. The lowest BCUT2D eigenvalue weighted by Gasteiger charge is -2.09. The molecule has 1 aromatic rings. The molecule has 1 atom stereocenters. The standard InChI is InChI=1S/C13H20O/c1-4-13(14)9-11-5-7-12(8-6-11)10(2)3/h5-8,10,13-14H,4,9H2,1-3H3/t13-/m1/s1. The first-order valence-corrected chi connectivity index (χ1v) is 5.40. The Bertz CT molecular complexity index is 261. The smallest absolute Gasteiger partial charge is 0.0577 e. The Labute approximate surface area is 86.8 Å². The van der Waals surface area contributed by atoms with E-state index in [1.54, 1.807) is 0 Å². The van der Waals surface area contributed by atoms with Gasteiger partial charge < -0.3 is 5.11 Å². The van der Waals surface area contributed by atoms with Gasteiger partial charge in [0.1, 0.15) is 0 Å². The molecular weight excluding hydrogens is 172 g/mol. The van der Waals surface area contributed by atoms with Gasteiger partial charge in [0, 0.05) is 0 Å². The molecule has 0 radical (unpaired) electrons. The normalized spacial score (nSPS) is 13.2. The number of rotatable bonds is 4. The van der Waals surface area contributed by atoms with Crippen molar-refractivity contribution in [2.45, 2.75) is 45.6 Å². The van der Waals surface area contributed by atoms with E-state index >= 15 is 0 Å². The lowest BCUT2D eigenvalue weighted by atomic mass is 9.99. The van der Waals surface area contributed by atoms with E-state index in [0.717, 1.165) is 12.8 Å². The highest BCUT2D eigenvalue weighted by Crippen LogP contribution is 2.15. The number of aliphatic hydroxyl groups is 1. The third kappa shape index (κ3) is 3.15. The lowest BCUT2D eigenvalue weighted by molar-refractivity contribution is 0.171. The van der Waals surface area contributed by atoms with E-state index in [-0.39, 0.29) is 6.10 Å². The quantitative estimate of drug-likeness (QED) is 0.777. The van der Waals surface area contributed by atoms with Gasteiger partial charge in [0.15, 0.2) is 0 Å². The van der Waals surface area contributed by atoms with Crippen LogP contribution in [0.3, 0.4) is 0 Å². The molecule has 0 saturated carbocycles. The number of aliphatic hydroxyl groups excluding tert-OH is 1. The summed E-state index contributed by atoms with van der Waals surface area (Å²) in [6.07, 6.45) is 1.40. The third-order valence-electron chi connectivity index (χ3n) is 2.59. The summed E-state index contributed by atoms with van der Waals surface area (Å²) in [5.74, 6) is 0.583. The fourth-order valence-electron chi connectivity index (χ4n) is 1.46. The second-order valence-electron chi connectivity index (χ2n) is 4.16. The van der Waals surface area contributed by atoms with E-state index < -0.39 is 0 Å². The van der Waals surface area contributed by atoms with E-state index in [9.17, 15) is 5.11 Å². The van der Waals surface area contributed by atoms with E-state index in [1.165, 1.54) is 11.1 Å². The second kappa shape index (κ2) is 5.16. The van der Waals surface area contributed by atoms with Crippen molar-refractivity contribution in [3.05, 3.63) is 35.4 Å². The highest BCUT2D eigenvalue weighted by Gasteiger charge is 2.03. The van der Waals surface area contributed by atoms with Gasteiger partial charge in [-0.3, -0.25) is 0 Å². The molecule has 0 aromatic heterocycles. The van der Waals surface area contributed by atoms with Crippen molar-refractivity contribution in [3.63, 3.8) is 0 Å². The highest BCUT2D eigenvalue weighted by atomic mass is 16.3. The minimum Gasteiger partial charge on any atom is -0.393 e. The average Bonchev–Trinajstić information content (AvgIpc) is 2.18. The Morgan fingerprint density at radius 3 is 2.14 bits per heavy atom. The fraction of sp³-hybridized carbons (Fsp3) is 0.538. The largest absolute Gasteiger partial charge is 0.393 e. The van der Waals surface area contributed by atoms with Crippen LogP contribution in [0.15, 0.2) is 24.3 Å². The van der Waals surface area contributed by atoms with Crippen molar-refractivity contribution in [1.82, 2.24) is 0 Å². The maximum Gasteiger partial charge on any atom is 0.0577 e. The SMILES string of the molecule is CC[C@@H](O)Cc1ccc(C(C)C)cc1. The summed E-state index contributed by atoms with van der Waals surface area (Å²) in [7, 11) is 0. The Morgan fingerprint density at radius 2 is 1.71 bits per heavy atom. The van der Waals surface area contributed by atoms with Gasteiger partial charge in [0.25, 0.3) is 0 Å². The maximum atomic E-state index is 9.49. The fourth-order valence-corrected chi connectivity index (χ4v) is 1.46. The van der Waals surface area contributed by atoms with Gasteiger partial charge in [0.2, 0.25) is 0 Å². The molecule has 0 bridgehead atoms. The van der Waals surface area contributed by atoms with Crippen molar-refractivity contribution in [3.8, 4) is 0 Å². The summed E-state index contributed by atoms with van der Waals surface area (Å²) in [5, 5.41) is 9.49. The molecular formula is C13H20O. The second-order valence-corrected chi connectivity index (χ2v) is 4.16. The molecule has 0 aliphatic carbocycles. The first-order chi connectivity index (χ1) is 6.63. The average molecular weight is 192 g/mol. The predicted octanol–water partition coefficient (Wildman–Crippen LogP) is 3.12. The molecule has 0 spiro atoms. The van der Waals surface area contributed by atoms with Crippen molar-refractivity contribution in [1.29, 1.82) is 0 Å². The zero-order chi connectivity index (χ0) is 10.6. The molecule has 0 amide bonds. The maximum absolute atomic E-state index is 9.49. The first kappa shape index (κ1) is 11.3. The highest BCUT2D eigenvalue weighted by molar-refractivity contribution is 5.25. The predicted molar refractivity (Wildman–Crippen MR) is 60.5 cm³/mol. The Kier molecular flexibility index (Phi) is 4.15. The van der Waals surface area contributed by atoms with Crippen LogP contribution in [-0.4, -0.2) is 11.2 Å². The molecule has 0 aliphatic rings. The Morgan fingerprint density at radius 1 is 1.14 bits per heavy atom. The first-order valence-electron chi connectivity index (χ1n) is 5.40. The van der Waals surface area contributed by atoms with Gasteiger partial charge in [-0.05, 0) is 29.9 Å². The molecule has 0 heterocycles. The van der Waals surface area contributed by atoms with Gasteiger partial charge >= 0.3 is 0 Å². The third-order valence-corrected chi connectivity index (χ3v) is 2.59. The van der Waals surface area contributed by atoms with Crippen molar-refractivity contribution in [2.24, 2.45) is 0 Å². The Balaban J connectivity index is 2.64. The van der Waals surface area contributed by atoms with Crippen LogP contribution in [0, 0.1) is 0 Å². The molecule has 0 unspecified atom stereocenters. The van der Waals surface area contributed by atoms with Gasteiger partial charge in [-0.1, -0.05) is 45.0 Å². The summed E-state index contributed by atoms with van der Waals surface area (Å²) >= 11 is 0. The van der Waals surface area contributed by atoms with Crippen LogP contribution in [-0.2, 0) is 6.42 Å². The number of hydrogen-bond donors (Lipinski definition) is 1. The van der Waals surface area contributed by atoms with Crippen LogP contribution in [0.2, 0.25) is 0 Å². The van der Waals surface area contributed by atoms with Gasteiger partial charge in [-0.15, -0.1) is 0 Å². The summed E-state index contributed by atoms with van der Waals surface area (Å²) < 4.78 is 0. The van der Waals surface area contributed by atoms with Crippen LogP contribution in [0.4, 0.5) is 0 Å². The van der Waals surface area contributed by atoms with Crippen LogP contribution < -0.4 is 0 Å². The van der Waals surface area contributed by atoms with Crippen molar-refractivity contribution < 1.29 is 5.11 Å². The van der Waals surface area contributed by atoms with E-state index in [4.69, 9.17) is 0 Å². The molecule has 0 saturated heterocycles. The summed E-state index contributed by atoms with van der Waals surface area (Å²) in [4.78, 5) is 0. The minimum absolute atomic E-state index is 0.195. The number of benzene rings is 1. The molecule has 1 heteroatoms. The van der Waals surface area contributed by atoms with Crippen LogP contribution in [0.1, 0.15) is 44.2 Å². The molecule has 1 N–H and O–H groups in total. The van der Waals surface area contributed by atoms with Crippen molar-refractivity contribution >= 4 is 0 Å². The van der Waals surface area contributed by atoms with E-state index in [1.807, 2.05) is 6.92 Å². The van der Waals surface area contributed by atoms with E-state index in [0.29, 0.717) is 5.92 Å². The molecule has 1 rings (SSSR count). The zero-order valence-electron chi connectivity index (χ0n) is 9.33. The molecule has 0 aliphatic heterocycles. The van der Waals surface area contributed by atoms with Gasteiger partial charge in [-0.2, -0.15) is 0 Å². The summed E-state index contributed by atoms with van der Waals surface area (Å²) in [6, 6.07) is 8.55. The molecule has 14 heavy (non-hydrogen) atoms. The molecule has 1 aromatic carbocycles. The van der Waals surface area contributed by atoms with Crippen molar-refractivity contribution in [2.75, 3.05) is 0 Å². The molecule has 1 nitrogen and oxygen atoms in total. The van der Waals surface area contributed by atoms with Crippen LogP contribution in [0.5, 0.6) is 0 Å².